The predicted octanol–water partition coefficient (Wildman–Crippen LogP) is 4.59. The number of rotatable bonds is 2. The molecule has 1 saturated carbocycles. The molecule has 1 aromatic heterocycles. The third-order valence-corrected chi connectivity index (χ3v) is 4.26. The summed E-state index contributed by atoms with van der Waals surface area (Å²) in [7, 11) is 0. The maximum Gasteiger partial charge on any atom is 0.124 e. The van der Waals surface area contributed by atoms with E-state index in [0.717, 1.165) is 20.7 Å². The van der Waals surface area contributed by atoms with Crippen LogP contribution in [0.3, 0.4) is 0 Å². The minimum Gasteiger partial charge on any atom is -0.241 e. The second-order valence-electron chi connectivity index (χ2n) is 3.98. The molecule has 1 heterocycles. The monoisotopic (exact) mass is 297 g/mol. The highest BCUT2D eigenvalue weighted by Crippen LogP contribution is 2.42. The molecule has 0 aliphatic heterocycles. The third kappa shape index (κ3) is 1.92. The van der Waals surface area contributed by atoms with Crippen LogP contribution < -0.4 is 0 Å². The van der Waals surface area contributed by atoms with Crippen molar-refractivity contribution in [2.75, 3.05) is 0 Å². The van der Waals surface area contributed by atoms with Gasteiger partial charge in [-0.2, -0.15) is 0 Å². The number of aromatic nitrogens is 1. The van der Waals surface area contributed by atoms with Crippen LogP contribution in [0.4, 0.5) is 4.39 Å². The first-order valence-electron chi connectivity index (χ1n) is 5.15. The maximum absolute atomic E-state index is 13.2. The molecule has 0 N–H and O–H groups in total. The van der Waals surface area contributed by atoms with Crippen molar-refractivity contribution in [3.05, 3.63) is 39.6 Å². The predicted molar refractivity (Wildman–Crippen MR) is 67.2 cm³/mol. The van der Waals surface area contributed by atoms with Gasteiger partial charge in [-0.1, -0.05) is 15.9 Å². The van der Waals surface area contributed by atoms with Crippen LogP contribution in [0.25, 0.3) is 10.6 Å². The van der Waals surface area contributed by atoms with Gasteiger partial charge in [-0.15, -0.1) is 11.3 Å². The Balaban J connectivity index is 2.03. The van der Waals surface area contributed by atoms with Gasteiger partial charge in [-0.05, 0) is 31.0 Å². The Labute approximate surface area is 105 Å². The van der Waals surface area contributed by atoms with Gasteiger partial charge in [0, 0.05) is 21.3 Å². The zero-order chi connectivity index (χ0) is 11.1. The van der Waals surface area contributed by atoms with E-state index in [1.165, 1.54) is 25.0 Å². The van der Waals surface area contributed by atoms with Crippen molar-refractivity contribution >= 4 is 27.3 Å². The Hall–Kier alpha value is -0.740. The Morgan fingerprint density at radius 1 is 1.38 bits per heavy atom. The molecule has 0 radical (unpaired) electrons. The molecular formula is C12H9BrFNS. The summed E-state index contributed by atoms with van der Waals surface area (Å²) in [4.78, 5) is 4.57. The van der Waals surface area contributed by atoms with E-state index in [0.29, 0.717) is 5.92 Å². The number of nitrogens with zero attached hydrogens (tertiary/aromatic N) is 1. The molecule has 1 aromatic carbocycles. The molecule has 1 fully saturated rings. The highest BCUT2D eigenvalue weighted by molar-refractivity contribution is 9.10. The zero-order valence-corrected chi connectivity index (χ0v) is 10.8. The van der Waals surface area contributed by atoms with Crippen LogP contribution in [-0.4, -0.2) is 4.98 Å². The van der Waals surface area contributed by atoms with E-state index >= 15 is 0 Å². The van der Waals surface area contributed by atoms with Gasteiger partial charge in [0.15, 0.2) is 0 Å². The van der Waals surface area contributed by atoms with Gasteiger partial charge in [-0.25, -0.2) is 9.37 Å². The molecule has 0 saturated heterocycles. The Bertz CT molecular complexity index is 534. The number of hydrogen-bond donors (Lipinski definition) is 0. The summed E-state index contributed by atoms with van der Waals surface area (Å²) in [5.41, 5.74) is 2.01. The Morgan fingerprint density at radius 3 is 2.94 bits per heavy atom. The highest BCUT2D eigenvalue weighted by Gasteiger charge is 2.26. The second kappa shape index (κ2) is 3.93. The lowest BCUT2D eigenvalue weighted by atomic mass is 10.2. The fourth-order valence-electron chi connectivity index (χ4n) is 1.64. The van der Waals surface area contributed by atoms with Crippen LogP contribution in [0.15, 0.2) is 28.1 Å². The van der Waals surface area contributed by atoms with Crippen LogP contribution in [0, 0.1) is 5.82 Å². The van der Waals surface area contributed by atoms with E-state index in [4.69, 9.17) is 0 Å². The van der Waals surface area contributed by atoms with Gasteiger partial charge in [0.05, 0.1) is 5.69 Å². The van der Waals surface area contributed by atoms with Crippen molar-refractivity contribution in [3.8, 4) is 10.6 Å². The Morgan fingerprint density at radius 2 is 2.19 bits per heavy atom. The Kier molecular flexibility index (Phi) is 2.56. The lowest BCUT2D eigenvalue weighted by Gasteiger charge is -2.00. The molecule has 0 unspecified atom stereocenters. The quantitative estimate of drug-likeness (QED) is 0.790. The average molecular weight is 298 g/mol. The summed E-state index contributed by atoms with van der Waals surface area (Å²) in [5.74, 6) is 0.429. The zero-order valence-electron chi connectivity index (χ0n) is 8.41. The molecule has 1 aliphatic rings. The lowest BCUT2D eigenvalue weighted by Crippen LogP contribution is -1.83. The van der Waals surface area contributed by atoms with E-state index in [-0.39, 0.29) is 5.82 Å². The highest BCUT2D eigenvalue weighted by atomic mass is 79.9. The fourth-order valence-corrected chi connectivity index (χ4v) is 3.13. The minimum atomic E-state index is -0.221. The first kappa shape index (κ1) is 10.4. The number of thiazole rings is 1. The molecule has 0 amide bonds. The first-order valence-corrected chi connectivity index (χ1v) is 6.82. The molecular weight excluding hydrogens is 289 g/mol. The summed E-state index contributed by atoms with van der Waals surface area (Å²) in [6.07, 6.45) is 2.49. The van der Waals surface area contributed by atoms with Crippen molar-refractivity contribution in [1.29, 1.82) is 0 Å². The van der Waals surface area contributed by atoms with Gasteiger partial charge >= 0.3 is 0 Å². The van der Waals surface area contributed by atoms with Crippen molar-refractivity contribution in [3.63, 3.8) is 0 Å². The van der Waals surface area contributed by atoms with Gasteiger partial charge in [0.2, 0.25) is 0 Å². The standard InChI is InChI=1S/C12H9BrFNS/c13-10-4-3-8(14)5-9(10)12-15-11(6-16-12)7-1-2-7/h3-7H,1-2H2. The topological polar surface area (TPSA) is 12.9 Å². The summed E-state index contributed by atoms with van der Waals surface area (Å²) >= 11 is 5.02. The SMILES string of the molecule is Fc1ccc(Br)c(-c2nc(C3CC3)cs2)c1. The van der Waals surface area contributed by atoms with E-state index in [1.54, 1.807) is 17.4 Å². The summed E-state index contributed by atoms with van der Waals surface area (Å²) in [6, 6.07) is 4.70. The molecule has 1 aliphatic carbocycles. The largest absolute Gasteiger partial charge is 0.241 e. The molecule has 16 heavy (non-hydrogen) atoms. The van der Waals surface area contributed by atoms with Crippen molar-refractivity contribution < 1.29 is 4.39 Å². The molecule has 3 rings (SSSR count). The maximum atomic E-state index is 13.2. The molecule has 82 valence electrons. The van der Waals surface area contributed by atoms with Crippen LogP contribution in [-0.2, 0) is 0 Å². The van der Waals surface area contributed by atoms with Gasteiger partial charge in [-0.3, -0.25) is 0 Å². The number of halogens is 2. The number of benzene rings is 1. The first-order chi connectivity index (χ1) is 7.74. The van der Waals surface area contributed by atoms with Crippen molar-refractivity contribution in [1.82, 2.24) is 4.98 Å². The minimum absolute atomic E-state index is 0.221. The summed E-state index contributed by atoms with van der Waals surface area (Å²) in [5, 5.41) is 2.98. The van der Waals surface area contributed by atoms with E-state index in [2.05, 4.69) is 26.3 Å². The van der Waals surface area contributed by atoms with Crippen molar-refractivity contribution in [2.45, 2.75) is 18.8 Å². The van der Waals surface area contributed by atoms with Crippen LogP contribution in [0.5, 0.6) is 0 Å². The molecule has 0 bridgehead atoms. The second-order valence-corrected chi connectivity index (χ2v) is 5.69. The summed E-state index contributed by atoms with van der Waals surface area (Å²) in [6.45, 7) is 0. The molecule has 0 atom stereocenters. The van der Waals surface area contributed by atoms with Crippen LogP contribution in [0.2, 0.25) is 0 Å². The number of hydrogen-bond acceptors (Lipinski definition) is 2. The van der Waals surface area contributed by atoms with Crippen molar-refractivity contribution in [2.24, 2.45) is 0 Å². The smallest absolute Gasteiger partial charge is 0.124 e. The normalized spacial score (nSPS) is 15.4. The van der Waals surface area contributed by atoms with E-state index in [9.17, 15) is 4.39 Å². The van der Waals surface area contributed by atoms with Crippen LogP contribution in [0.1, 0.15) is 24.5 Å². The molecule has 1 nitrogen and oxygen atoms in total. The van der Waals surface area contributed by atoms with Gasteiger partial charge in [0.25, 0.3) is 0 Å². The van der Waals surface area contributed by atoms with E-state index < -0.39 is 0 Å². The summed E-state index contributed by atoms with van der Waals surface area (Å²) < 4.78 is 14.1. The average Bonchev–Trinajstić information content (AvgIpc) is 3.01. The van der Waals surface area contributed by atoms with Gasteiger partial charge in [0.1, 0.15) is 10.8 Å². The van der Waals surface area contributed by atoms with E-state index in [1.807, 2.05) is 0 Å². The van der Waals surface area contributed by atoms with Crippen LogP contribution >= 0.6 is 27.3 Å². The molecule has 2 aromatic rings. The van der Waals surface area contributed by atoms with Gasteiger partial charge < -0.3 is 0 Å². The molecule has 0 spiro atoms. The third-order valence-electron chi connectivity index (χ3n) is 2.68. The fraction of sp³-hybridized carbons (Fsp3) is 0.250. The lowest BCUT2D eigenvalue weighted by molar-refractivity contribution is 0.628. The molecule has 4 heteroatoms.